The summed E-state index contributed by atoms with van der Waals surface area (Å²) in [6.45, 7) is 0. The van der Waals surface area contributed by atoms with Gasteiger partial charge in [0.05, 0.1) is 23.6 Å². The fourth-order valence-corrected chi connectivity index (χ4v) is 4.66. The van der Waals surface area contributed by atoms with Gasteiger partial charge in [-0.25, -0.2) is 20.4 Å². The Morgan fingerprint density at radius 1 is 0.531 bits per heavy atom. The number of ether oxygens (including phenoxy) is 2. The summed E-state index contributed by atoms with van der Waals surface area (Å²) in [5, 5.41) is 9.04. The van der Waals surface area contributed by atoms with E-state index in [-0.39, 0.29) is 11.8 Å². The summed E-state index contributed by atoms with van der Waals surface area (Å²) < 4.78 is 11.0. The van der Waals surface area contributed by atoms with Gasteiger partial charge in [0.15, 0.2) is 0 Å². The van der Waals surface area contributed by atoms with Gasteiger partial charge in [0.1, 0.15) is 11.5 Å². The maximum atomic E-state index is 12.5. The van der Waals surface area contributed by atoms with Crippen LogP contribution < -0.4 is 20.3 Å². The zero-order valence-corrected chi connectivity index (χ0v) is 28.0. The molecule has 4 aromatic rings. The van der Waals surface area contributed by atoms with E-state index in [1.54, 1.807) is 97.1 Å². The molecule has 252 valence electrons. The number of hydrogen-bond donors (Lipinski definition) is 2. The lowest BCUT2D eigenvalue weighted by molar-refractivity contribution is -0.121. The van der Waals surface area contributed by atoms with Crippen molar-refractivity contribution in [2.45, 2.75) is 44.9 Å². The highest BCUT2D eigenvalue weighted by Crippen LogP contribution is 2.20. The van der Waals surface area contributed by atoms with E-state index in [0.29, 0.717) is 69.5 Å². The second-order valence-corrected chi connectivity index (χ2v) is 11.6. The smallest absolute Gasteiger partial charge is 0.343 e. The van der Waals surface area contributed by atoms with Crippen molar-refractivity contribution in [3.63, 3.8) is 0 Å². The van der Waals surface area contributed by atoms with Gasteiger partial charge in [-0.2, -0.15) is 10.2 Å². The first-order valence-electron chi connectivity index (χ1n) is 15.6. The number of carbonyl (C=O) groups is 4. The molecule has 2 amide bonds. The van der Waals surface area contributed by atoms with Crippen molar-refractivity contribution < 1.29 is 28.7 Å². The van der Waals surface area contributed by atoms with Crippen LogP contribution in [0.1, 0.15) is 76.8 Å². The minimum Gasteiger partial charge on any atom is -0.422 e. The fourth-order valence-electron chi connectivity index (χ4n) is 4.41. The Balaban J connectivity index is 1.08. The first-order valence-corrected chi connectivity index (χ1v) is 16.3. The number of nitrogens with one attached hydrogen (secondary N) is 2. The molecule has 49 heavy (non-hydrogen) atoms. The number of amides is 2. The van der Waals surface area contributed by atoms with Gasteiger partial charge < -0.3 is 9.47 Å². The van der Waals surface area contributed by atoms with Crippen LogP contribution in [0, 0.1) is 0 Å². The lowest BCUT2D eigenvalue weighted by Crippen LogP contribution is -2.17. The van der Waals surface area contributed by atoms with Crippen LogP contribution in [0.3, 0.4) is 0 Å². The Labute approximate surface area is 294 Å². The average molecular weight is 702 g/mol. The molecular weight excluding hydrogens is 667 g/mol. The number of hydrazone groups is 2. The molecule has 0 spiro atoms. The summed E-state index contributed by atoms with van der Waals surface area (Å²) in [7, 11) is 0. The first-order chi connectivity index (χ1) is 23.8. The molecule has 0 aromatic heterocycles. The molecule has 0 aliphatic rings. The third-order valence-electron chi connectivity index (χ3n) is 7.00. The van der Waals surface area contributed by atoms with Gasteiger partial charge in [-0.3, -0.25) is 9.59 Å². The molecule has 0 saturated heterocycles. The number of carbonyl (C=O) groups excluding carboxylic acids is 4. The molecule has 10 nitrogen and oxygen atoms in total. The number of para-hydroxylation sites is 2. The molecule has 2 N–H and O–H groups in total. The van der Waals surface area contributed by atoms with Gasteiger partial charge >= 0.3 is 11.9 Å². The van der Waals surface area contributed by atoms with Crippen LogP contribution in [-0.4, -0.2) is 36.2 Å². The van der Waals surface area contributed by atoms with Gasteiger partial charge in [-0.1, -0.05) is 66.7 Å². The molecular formula is C37H34Cl2N4O6. The lowest BCUT2D eigenvalue weighted by atomic mass is 10.1. The predicted molar refractivity (Wildman–Crippen MR) is 189 cm³/mol. The fraction of sp³-hybridized carbons (Fsp3) is 0.189. The van der Waals surface area contributed by atoms with Crippen molar-refractivity contribution in [1.82, 2.24) is 10.9 Å². The normalized spacial score (nSPS) is 11.0. The third-order valence-corrected chi connectivity index (χ3v) is 7.50. The van der Waals surface area contributed by atoms with Crippen LogP contribution in [0.2, 0.25) is 10.0 Å². The Hall–Kier alpha value is -5.32. The van der Waals surface area contributed by atoms with E-state index < -0.39 is 11.9 Å². The number of benzene rings is 4. The average Bonchev–Trinajstić information content (AvgIpc) is 3.10. The minimum absolute atomic E-state index is 0.231. The number of unbranched alkanes of at least 4 members (excludes halogenated alkanes) is 4. The quantitative estimate of drug-likeness (QED) is 0.0403. The van der Waals surface area contributed by atoms with Gasteiger partial charge in [0.25, 0.3) is 0 Å². The summed E-state index contributed by atoms with van der Waals surface area (Å²) in [5.74, 6) is -0.926. The zero-order chi connectivity index (χ0) is 34.8. The molecule has 0 aliphatic carbocycles. The van der Waals surface area contributed by atoms with E-state index in [9.17, 15) is 19.2 Å². The van der Waals surface area contributed by atoms with Gasteiger partial charge in [0.2, 0.25) is 11.8 Å². The maximum Gasteiger partial charge on any atom is 0.343 e. The largest absolute Gasteiger partial charge is 0.422 e. The second-order valence-electron chi connectivity index (χ2n) is 10.7. The third kappa shape index (κ3) is 12.7. The molecule has 12 heteroatoms. The van der Waals surface area contributed by atoms with Crippen molar-refractivity contribution in [3.8, 4) is 11.5 Å². The topological polar surface area (TPSA) is 136 Å². The summed E-state index contributed by atoms with van der Waals surface area (Å²) in [5.41, 5.74) is 6.77. The maximum absolute atomic E-state index is 12.5. The van der Waals surface area contributed by atoms with Crippen LogP contribution in [0.25, 0.3) is 0 Å². The van der Waals surface area contributed by atoms with E-state index >= 15 is 0 Å². The summed E-state index contributed by atoms with van der Waals surface area (Å²) in [4.78, 5) is 49.4. The summed E-state index contributed by atoms with van der Waals surface area (Å²) >= 11 is 11.8. The molecule has 0 heterocycles. The molecule has 0 atom stereocenters. The van der Waals surface area contributed by atoms with E-state index in [4.69, 9.17) is 32.7 Å². The molecule has 4 aromatic carbocycles. The van der Waals surface area contributed by atoms with E-state index in [1.807, 2.05) is 0 Å². The van der Waals surface area contributed by atoms with Crippen LogP contribution in [0.15, 0.2) is 107 Å². The minimum atomic E-state index is -0.537. The van der Waals surface area contributed by atoms with Crippen molar-refractivity contribution in [2.24, 2.45) is 10.2 Å². The number of rotatable bonds is 16. The summed E-state index contributed by atoms with van der Waals surface area (Å²) in [6.07, 6.45) is 7.32. The second kappa shape index (κ2) is 19.5. The van der Waals surface area contributed by atoms with Crippen molar-refractivity contribution in [1.29, 1.82) is 0 Å². The van der Waals surface area contributed by atoms with Gasteiger partial charge in [-0.15, -0.1) is 0 Å². The molecule has 0 fully saturated rings. The molecule has 0 bridgehead atoms. The van der Waals surface area contributed by atoms with Crippen LogP contribution >= 0.6 is 23.2 Å². The Morgan fingerprint density at radius 2 is 0.898 bits per heavy atom. The van der Waals surface area contributed by atoms with Crippen LogP contribution in [-0.2, 0) is 9.59 Å². The highest BCUT2D eigenvalue weighted by molar-refractivity contribution is 6.31. The number of nitrogens with zero attached hydrogens (tertiary/aromatic N) is 2. The van der Waals surface area contributed by atoms with E-state index in [2.05, 4.69) is 21.1 Å². The molecule has 0 aliphatic heterocycles. The lowest BCUT2D eigenvalue weighted by Gasteiger charge is -2.07. The van der Waals surface area contributed by atoms with Gasteiger partial charge in [0, 0.05) is 34.0 Å². The molecule has 0 radical (unpaired) electrons. The monoisotopic (exact) mass is 700 g/mol. The SMILES string of the molecule is O=C(CCCCCCCC(=O)N/N=C/c1ccccc1OC(=O)c1ccc(Cl)cc1)N/N=C/c1ccccc1OC(=O)c1ccc(Cl)cc1. The standard InChI is InChI=1S/C37H34Cl2N4O6/c38-30-20-16-26(17-21-30)36(46)48-32-12-8-6-10-28(32)24-40-42-34(44)14-4-2-1-3-5-15-35(45)43-41-25-29-11-7-9-13-33(29)49-37(47)27-18-22-31(39)23-19-27/h6-13,16-25H,1-5,14-15H2,(H,42,44)(H,43,45)/b40-24+,41-25+. The molecule has 0 saturated carbocycles. The molecule has 0 unspecified atom stereocenters. The van der Waals surface area contributed by atoms with E-state index in [0.717, 1.165) is 19.3 Å². The summed E-state index contributed by atoms with van der Waals surface area (Å²) in [6, 6.07) is 26.4. The van der Waals surface area contributed by atoms with E-state index in [1.165, 1.54) is 12.4 Å². The van der Waals surface area contributed by atoms with Crippen molar-refractivity contribution >= 4 is 59.4 Å². The first kappa shape index (κ1) is 36.5. The van der Waals surface area contributed by atoms with Crippen LogP contribution in [0.5, 0.6) is 11.5 Å². The molecule has 4 rings (SSSR count). The Morgan fingerprint density at radius 3 is 1.31 bits per heavy atom. The number of esters is 2. The predicted octanol–water partition coefficient (Wildman–Crippen LogP) is 7.76. The Kier molecular flexibility index (Phi) is 14.5. The van der Waals surface area contributed by atoms with Crippen molar-refractivity contribution in [3.05, 3.63) is 129 Å². The highest BCUT2D eigenvalue weighted by atomic mass is 35.5. The zero-order valence-electron chi connectivity index (χ0n) is 26.4. The highest BCUT2D eigenvalue weighted by Gasteiger charge is 2.12. The Bertz CT molecular complexity index is 1660. The van der Waals surface area contributed by atoms with Crippen molar-refractivity contribution in [2.75, 3.05) is 0 Å². The van der Waals surface area contributed by atoms with Gasteiger partial charge in [-0.05, 0) is 85.6 Å². The van der Waals surface area contributed by atoms with Crippen LogP contribution in [0.4, 0.5) is 0 Å². The number of hydrogen-bond acceptors (Lipinski definition) is 8. The number of halogens is 2.